The van der Waals surface area contributed by atoms with Crippen LogP contribution >= 0.6 is 0 Å². The summed E-state index contributed by atoms with van der Waals surface area (Å²) in [7, 11) is 8.93. The van der Waals surface area contributed by atoms with Crippen molar-refractivity contribution < 1.29 is 23.9 Å². The van der Waals surface area contributed by atoms with Crippen LogP contribution < -0.4 is 25.2 Å². The summed E-state index contributed by atoms with van der Waals surface area (Å²) in [5.74, 6) is 1.71. The van der Waals surface area contributed by atoms with E-state index >= 15 is 0 Å². The number of nitrogens with zero attached hydrogens (tertiary/aromatic N) is 5. The van der Waals surface area contributed by atoms with Crippen molar-refractivity contribution in [2.45, 2.75) is 50.7 Å². The summed E-state index contributed by atoms with van der Waals surface area (Å²) in [4.78, 5) is 60.7. The predicted octanol–water partition coefficient (Wildman–Crippen LogP) is 3.82. The van der Waals surface area contributed by atoms with Crippen LogP contribution in [0.25, 0.3) is 21.9 Å². The zero-order valence-electron chi connectivity index (χ0n) is 29.1. The molecule has 3 aliphatic rings. The number of benzene rings is 2. The fourth-order valence-electron chi connectivity index (χ4n) is 7.62. The Morgan fingerprint density at radius 1 is 0.920 bits per heavy atom. The molecule has 7 rings (SSSR count). The van der Waals surface area contributed by atoms with Crippen molar-refractivity contribution in [3.63, 3.8) is 0 Å². The smallest absolute Gasteiger partial charge is 0.259 e. The Morgan fingerprint density at radius 3 is 2.30 bits per heavy atom. The van der Waals surface area contributed by atoms with Gasteiger partial charge in [-0.15, -0.1) is 0 Å². The molecule has 1 unspecified atom stereocenters. The van der Waals surface area contributed by atoms with Crippen LogP contribution in [0.5, 0.6) is 11.5 Å². The average Bonchev–Trinajstić information content (AvgIpc) is 3.44. The highest BCUT2D eigenvalue weighted by molar-refractivity contribution is 6.05. The second-order valence-electron chi connectivity index (χ2n) is 13.7. The molecule has 2 fully saturated rings. The van der Waals surface area contributed by atoms with Gasteiger partial charge in [-0.2, -0.15) is 0 Å². The Kier molecular flexibility index (Phi) is 8.81. The molecule has 12 heteroatoms. The van der Waals surface area contributed by atoms with E-state index in [-0.39, 0.29) is 23.8 Å². The van der Waals surface area contributed by atoms with Crippen molar-refractivity contribution >= 4 is 34.3 Å². The van der Waals surface area contributed by atoms with Gasteiger partial charge in [-0.1, -0.05) is 12.1 Å². The number of ether oxygens (including phenoxy) is 2. The summed E-state index contributed by atoms with van der Waals surface area (Å²) >= 11 is 0. The van der Waals surface area contributed by atoms with Crippen LogP contribution in [0.3, 0.4) is 0 Å². The third-order valence-electron chi connectivity index (χ3n) is 10.4. The van der Waals surface area contributed by atoms with Crippen LogP contribution in [-0.2, 0) is 29.7 Å². The van der Waals surface area contributed by atoms with E-state index in [1.165, 1.54) is 5.56 Å². The molecule has 0 saturated carbocycles. The number of nitrogens with one attached hydrogen (secondary N) is 1. The maximum atomic E-state index is 13.2. The van der Waals surface area contributed by atoms with Gasteiger partial charge < -0.3 is 23.8 Å². The van der Waals surface area contributed by atoms with Crippen LogP contribution in [0.4, 0.5) is 5.82 Å². The number of aryl methyl sites for hydroxylation is 1. The summed E-state index contributed by atoms with van der Waals surface area (Å²) in [6.45, 7) is 2.79. The highest BCUT2D eigenvalue weighted by atomic mass is 16.5. The van der Waals surface area contributed by atoms with Crippen molar-refractivity contribution in [1.29, 1.82) is 0 Å². The van der Waals surface area contributed by atoms with Gasteiger partial charge in [-0.25, -0.2) is 4.98 Å². The molecule has 1 N–H and O–H groups in total. The molecule has 50 heavy (non-hydrogen) atoms. The molecule has 2 aromatic heterocycles. The number of anilines is 1. The Hall–Kier alpha value is -5.23. The van der Waals surface area contributed by atoms with Crippen LogP contribution in [0.2, 0.25) is 0 Å². The first-order valence-electron chi connectivity index (χ1n) is 17.0. The molecule has 0 aliphatic carbocycles. The molecular weight excluding hydrogens is 636 g/mol. The number of pyridine rings is 2. The maximum Gasteiger partial charge on any atom is 0.259 e. The number of hydrogen-bond donors (Lipinski definition) is 1. The quantitative estimate of drug-likeness (QED) is 0.277. The van der Waals surface area contributed by atoms with Gasteiger partial charge in [-0.05, 0) is 79.2 Å². The number of likely N-dealkylation sites (tertiary alicyclic amines) is 1. The van der Waals surface area contributed by atoms with E-state index in [1.807, 2.05) is 49.5 Å². The Labute approximate surface area is 290 Å². The minimum Gasteiger partial charge on any atom is -0.496 e. The molecule has 2 aromatic carbocycles. The van der Waals surface area contributed by atoms with Gasteiger partial charge >= 0.3 is 0 Å². The van der Waals surface area contributed by atoms with Crippen LogP contribution in [-0.4, -0.2) is 84.5 Å². The summed E-state index contributed by atoms with van der Waals surface area (Å²) in [5, 5.41) is 3.73. The lowest BCUT2D eigenvalue weighted by Gasteiger charge is -2.33. The fourth-order valence-corrected chi connectivity index (χ4v) is 7.62. The van der Waals surface area contributed by atoms with Crippen LogP contribution in [0.15, 0.2) is 53.6 Å². The average molecular weight is 679 g/mol. The molecule has 3 amide bonds. The molecule has 4 aromatic rings. The summed E-state index contributed by atoms with van der Waals surface area (Å²) in [6.07, 6.45) is 6.00. The monoisotopic (exact) mass is 678 g/mol. The third kappa shape index (κ3) is 5.97. The molecule has 0 spiro atoms. The number of carbonyl (C=O) groups excluding carboxylic acids is 3. The zero-order valence-corrected chi connectivity index (χ0v) is 29.1. The Balaban J connectivity index is 1.08. The molecule has 0 radical (unpaired) electrons. The second kappa shape index (κ2) is 13.2. The summed E-state index contributed by atoms with van der Waals surface area (Å²) in [5.41, 5.74) is 5.40. The van der Waals surface area contributed by atoms with Crippen molar-refractivity contribution in [1.82, 2.24) is 24.7 Å². The number of carbonyl (C=O) groups is 3. The topological polar surface area (TPSA) is 126 Å². The molecule has 12 nitrogen and oxygen atoms in total. The van der Waals surface area contributed by atoms with Gasteiger partial charge in [0, 0.05) is 69.6 Å². The highest BCUT2D eigenvalue weighted by Gasteiger charge is 2.39. The lowest BCUT2D eigenvalue weighted by molar-refractivity contribution is -0.136. The van der Waals surface area contributed by atoms with Gasteiger partial charge in [0.2, 0.25) is 11.8 Å². The lowest BCUT2D eigenvalue weighted by atomic mass is 9.87. The van der Waals surface area contributed by atoms with E-state index in [0.717, 1.165) is 59.4 Å². The number of piperidine rings is 2. The van der Waals surface area contributed by atoms with E-state index < -0.39 is 11.9 Å². The minimum atomic E-state index is -0.615. The molecule has 2 saturated heterocycles. The van der Waals surface area contributed by atoms with E-state index in [1.54, 1.807) is 36.9 Å². The van der Waals surface area contributed by atoms with E-state index in [2.05, 4.69) is 27.3 Å². The molecule has 5 heterocycles. The first kappa shape index (κ1) is 33.3. The number of methoxy groups -OCH3 is 2. The van der Waals surface area contributed by atoms with Crippen molar-refractivity contribution in [2.24, 2.45) is 7.05 Å². The molecule has 260 valence electrons. The van der Waals surface area contributed by atoms with Gasteiger partial charge in [-0.3, -0.25) is 29.4 Å². The number of imide groups is 1. The second-order valence-corrected chi connectivity index (χ2v) is 13.7. The van der Waals surface area contributed by atoms with E-state index in [9.17, 15) is 19.2 Å². The Bertz CT molecular complexity index is 2060. The van der Waals surface area contributed by atoms with Crippen LogP contribution in [0.1, 0.15) is 58.6 Å². The first-order chi connectivity index (χ1) is 24.1. The van der Waals surface area contributed by atoms with Gasteiger partial charge in [0.1, 0.15) is 23.4 Å². The number of aromatic nitrogens is 2. The number of fused-ring (bicyclic) bond motifs is 2. The summed E-state index contributed by atoms with van der Waals surface area (Å²) in [6, 6.07) is 11.4. The number of rotatable bonds is 8. The van der Waals surface area contributed by atoms with Gasteiger partial charge in [0.25, 0.3) is 11.5 Å². The summed E-state index contributed by atoms with van der Waals surface area (Å²) < 4.78 is 13.5. The number of amides is 3. The highest BCUT2D eigenvalue weighted by Crippen LogP contribution is 2.40. The van der Waals surface area contributed by atoms with Crippen molar-refractivity contribution in [2.75, 3.05) is 46.3 Å². The molecule has 3 aliphatic heterocycles. The zero-order chi connectivity index (χ0) is 35.3. The molecule has 0 bridgehead atoms. The van der Waals surface area contributed by atoms with E-state index in [4.69, 9.17) is 9.47 Å². The SMILES string of the molecule is COc1cc(-c2cn(C)c(=O)c3cnc(N(C)C)cc23)cc(OC)c1CN1CCC(c2ccc3c(c2)CN(C2CCC(=O)NC2=O)C3=O)CC1. The predicted molar refractivity (Wildman–Crippen MR) is 190 cm³/mol. The Morgan fingerprint density at radius 2 is 1.64 bits per heavy atom. The number of hydrogen-bond acceptors (Lipinski definition) is 9. The van der Waals surface area contributed by atoms with Crippen LogP contribution in [0, 0.1) is 0 Å². The molecular formula is C38H42N6O6. The lowest BCUT2D eigenvalue weighted by Crippen LogP contribution is -2.52. The largest absolute Gasteiger partial charge is 0.496 e. The van der Waals surface area contributed by atoms with Gasteiger partial charge in [0.15, 0.2) is 0 Å². The molecule has 1 atom stereocenters. The maximum absolute atomic E-state index is 13.2. The van der Waals surface area contributed by atoms with E-state index in [0.29, 0.717) is 47.9 Å². The third-order valence-corrected chi connectivity index (χ3v) is 10.4. The first-order valence-corrected chi connectivity index (χ1v) is 17.0. The van der Waals surface area contributed by atoms with Crippen molar-refractivity contribution in [3.05, 3.63) is 81.4 Å². The standard InChI is InChI=1S/C38H42N6O6/c1-41(2)34-17-27-28(18-39-34)37(47)42(3)20-29(27)24-15-32(49-4)30(33(16-24)50-5)21-43-12-10-22(11-13-43)23-6-7-26-25(14-23)19-44(38(26)48)31-8-9-35(45)40-36(31)46/h6-7,14-18,20,22,31H,8-13,19,21H2,1-5H3,(H,40,45,46). The van der Waals surface area contributed by atoms with Crippen molar-refractivity contribution in [3.8, 4) is 22.6 Å². The normalized spacial score (nSPS) is 18.4. The minimum absolute atomic E-state index is 0.108. The van der Waals surface area contributed by atoms with Gasteiger partial charge in [0.05, 0.1) is 25.2 Å². The fraction of sp³-hybridized carbons (Fsp3) is 0.395.